The standard InChI is InChI=1S/C37H41Cl2N9/c1-22-5-8-26(17-30(22)38)43-34-25(19-40)20-42-36-29(34)16-27(18-31(36)39)44-35(24-7-6-23-9-12-41-32(23)15-24)33-21-48(46-45-33)28-10-13-47(14-11-28)37(2,3)4/h5-8,15-18,20-21,28,35,41,44-46H,9-14H2,1-4H3,(H,42,43)/t35-/m0/s1. The Morgan fingerprint density at radius 2 is 1.81 bits per heavy atom. The van der Waals surface area contributed by atoms with Crippen molar-refractivity contribution >= 4 is 56.9 Å². The van der Waals surface area contributed by atoms with Crippen LogP contribution in [0.5, 0.6) is 0 Å². The van der Waals surface area contributed by atoms with Crippen molar-refractivity contribution < 1.29 is 0 Å². The number of rotatable bonds is 7. The normalized spacial score (nSPS) is 17.4. The zero-order valence-electron chi connectivity index (χ0n) is 27.7. The Balaban J connectivity index is 1.24. The van der Waals surface area contributed by atoms with E-state index in [9.17, 15) is 5.26 Å². The molecule has 5 N–H and O–H groups in total. The van der Waals surface area contributed by atoms with Gasteiger partial charge < -0.3 is 21.4 Å². The number of fused-ring (bicyclic) bond motifs is 2. The molecule has 1 atom stereocenters. The largest absolute Gasteiger partial charge is 0.384 e. The molecular formula is C37H41Cl2N9. The average Bonchev–Trinajstić information content (AvgIpc) is 3.75. The van der Waals surface area contributed by atoms with Crippen LogP contribution in [0.15, 0.2) is 66.6 Å². The number of hydrogen-bond acceptors (Lipinski definition) is 9. The summed E-state index contributed by atoms with van der Waals surface area (Å²) in [6.45, 7) is 11.9. The number of benzene rings is 3. The van der Waals surface area contributed by atoms with Gasteiger partial charge in [0.2, 0.25) is 0 Å². The van der Waals surface area contributed by atoms with Crippen molar-refractivity contribution in [1.82, 2.24) is 25.9 Å². The lowest BCUT2D eigenvalue weighted by Gasteiger charge is -2.42. The molecule has 0 unspecified atom stereocenters. The van der Waals surface area contributed by atoms with Crippen molar-refractivity contribution in [2.45, 2.75) is 64.6 Å². The van der Waals surface area contributed by atoms with Crippen LogP contribution in [-0.4, -0.2) is 46.1 Å². The highest BCUT2D eigenvalue weighted by atomic mass is 35.5. The molecule has 1 aromatic heterocycles. The van der Waals surface area contributed by atoms with E-state index in [2.05, 4.69) is 93.0 Å². The summed E-state index contributed by atoms with van der Waals surface area (Å²) in [6.07, 6.45) is 6.93. The second kappa shape index (κ2) is 13.0. The number of hydrogen-bond donors (Lipinski definition) is 5. The number of aromatic nitrogens is 1. The van der Waals surface area contributed by atoms with E-state index in [0.29, 0.717) is 32.9 Å². The molecule has 0 aliphatic carbocycles. The lowest BCUT2D eigenvalue weighted by Crippen LogP contribution is -2.52. The Hall–Kier alpha value is -4.20. The predicted molar refractivity (Wildman–Crippen MR) is 196 cm³/mol. The molecule has 9 nitrogen and oxygen atoms in total. The van der Waals surface area contributed by atoms with Gasteiger partial charge in [0, 0.05) is 71.1 Å². The number of piperidine rings is 1. The molecule has 0 bridgehead atoms. The van der Waals surface area contributed by atoms with Gasteiger partial charge in [0.05, 0.1) is 33.5 Å². The van der Waals surface area contributed by atoms with Crippen molar-refractivity contribution in [3.05, 3.63) is 98.9 Å². The van der Waals surface area contributed by atoms with Crippen molar-refractivity contribution in [3.8, 4) is 6.07 Å². The van der Waals surface area contributed by atoms with Gasteiger partial charge in [0.1, 0.15) is 6.07 Å². The minimum Gasteiger partial charge on any atom is -0.384 e. The molecule has 4 aromatic rings. The van der Waals surface area contributed by atoms with Gasteiger partial charge in [0.15, 0.2) is 0 Å². The van der Waals surface area contributed by atoms with E-state index in [0.717, 1.165) is 72.5 Å². The zero-order chi connectivity index (χ0) is 33.6. The number of nitriles is 1. The van der Waals surface area contributed by atoms with Crippen LogP contribution in [-0.2, 0) is 6.42 Å². The van der Waals surface area contributed by atoms with E-state index in [1.54, 1.807) is 6.20 Å². The first kappa shape index (κ1) is 32.4. The van der Waals surface area contributed by atoms with E-state index in [1.807, 2.05) is 37.3 Å². The molecule has 3 aliphatic rings. The summed E-state index contributed by atoms with van der Waals surface area (Å²) in [4.78, 5) is 7.12. The Labute approximate surface area is 292 Å². The van der Waals surface area contributed by atoms with Crippen molar-refractivity contribution in [2.24, 2.45) is 0 Å². The summed E-state index contributed by atoms with van der Waals surface area (Å²) in [6, 6.07) is 18.8. The van der Waals surface area contributed by atoms with E-state index in [4.69, 9.17) is 23.2 Å². The minimum absolute atomic E-state index is 0.173. The maximum atomic E-state index is 10.1. The molecule has 48 heavy (non-hydrogen) atoms. The number of aryl methyl sites for hydroxylation is 1. The molecule has 0 amide bonds. The highest BCUT2D eigenvalue weighted by molar-refractivity contribution is 6.36. The highest BCUT2D eigenvalue weighted by Gasteiger charge is 2.32. The second-order valence-corrected chi connectivity index (χ2v) is 14.7. The number of likely N-dealkylation sites (tertiary alicyclic amines) is 1. The third-order valence-electron chi connectivity index (χ3n) is 9.70. The minimum atomic E-state index is -0.224. The van der Waals surface area contributed by atoms with Crippen molar-refractivity contribution in [2.75, 3.05) is 35.6 Å². The highest BCUT2D eigenvalue weighted by Crippen LogP contribution is 2.38. The van der Waals surface area contributed by atoms with Gasteiger partial charge in [-0.05, 0) is 94.0 Å². The van der Waals surface area contributed by atoms with Crippen molar-refractivity contribution in [1.29, 1.82) is 5.26 Å². The molecular weight excluding hydrogens is 641 g/mol. The van der Waals surface area contributed by atoms with E-state index >= 15 is 0 Å². The molecule has 1 fully saturated rings. The molecule has 0 saturated carbocycles. The lowest BCUT2D eigenvalue weighted by atomic mass is 9.97. The average molecular weight is 683 g/mol. The third-order valence-corrected chi connectivity index (χ3v) is 10.4. The Kier molecular flexibility index (Phi) is 8.77. The fourth-order valence-corrected chi connectivity index (χ4v) is 7.32. The molecule has 7 rings (SSSR count). The summed E-state index contributed by atoms with van der Waals surface area (Å²) in [5.74, 6) is 0. The third kappa shape index (κ3) is 6.46. The molecule has 1 saturated heterocycles. The molecule has 11 heteroatoms. The SMILES string of the molecule is Cc1ccc(Nc2c(C#N)cnc3c(Cl)cc(N[C@H](C4=CN(C5CCN(C(C)(C)C)CC5)NN4)c4ccc5c(c4)NCC5)cc23)cc1Cl. The zero-order valence-corrected chi connectivity index (χ0v) is 29.2. The smallest absolute Gasteiger partial charge is 0.103 e. The lowest BCUT2D eigenvalue weighted by molar-refractivity contribution is 0.0570. The van der Waals surface area contributed by atoms with Crippen LogP contribution < -0.4 is 26.9 Å². The number of nitrogens with zero attached hydrogens (tertiary/aromatic N) is 4. The Bertz CT molecular complexity index is 1940. The fraction of sp³-hybridized carbons (Fsp3) is 0.351. The topological polar surface area (TPSA) is 103 Å². The van der Waals surface area contributed by atoms with Crippen LogP contribution in [0.4, 0.5) is 22.7 Å². The number of pyridine rings is 1. The first-order chi connectivity index (χ1) is 23.1. The van der Waals surface area contributed by atoms with Crippen LogP contribution in [0.25, 0.3) is 10.9 Å². The molecule has 0 radical (unpaired) electrons. The predicted octanol–water partition coefficient (Wildman–Crippen LogP) is 8.02. The van der Waals surface area contributed by atoms with Gasteiger partial charge in [-0.3, -0.25) is 14.9 Å². The first-order valence-electron chi connectivity index (χ1n) is 16.5. The van der Waals surface area contributed by atoms with E-state index in [-0.39, 0.29) is 11.6 Å². The number of anilines is 4. The summed E-state index contributed by atoms with van der Waals surface area (Å²) in [5.41, 5.74) is 15.9. The number of nitrogens with one attached hydrogen (secondary N) is 5. The summed E-state index contributed by atoms with van der Waals surface area (Å²) in [5, 5.41) is 24.9. The maximum absolute atomic E-state index is 10.1. The number of hydrazine groups is 2. The molecule has 4 heterocycles. The van der Waals surface area contributed by atoms with Crippen LogP contribution >= 0.6 is 23.2 Å². The quantitative estimate of drug-likeness (QED) is 0.133. The van der Waals surface area contributed by atoms with E-state index < -0.39 is 0 Å². The first-order valence-corrected chi connectivity index (χ1v) is 17.3. The van der Waals surface area contributed by atoms with Crippen LogP contribution in [0.2, 0.25) is 10.0 Å². The second-order valence-electron chi connectivity index (χ2n) is 13.9. The molecule has 248 valence electrons. The molecule has 0 spiro atoms. The van der Waals surface area contributed by atoms with Crippen LogP contribution in [0, 0.1) is 18.3 Å². The van der Waals surface area contributed by atoms with Gasteiger partial charge in [-0.2, -0.15) is 5.26 Å². The monoisotopic (exact) mass is 681 g/mol. The van der Waals surface area contributed by atoms with Gasteiger partial charge in [-0.25, -0.2) is 0 Å². The van der Waals surface area contributed by atoms with Gasteiger partial charge in [0.25, 0.3) is 0 Å². The summed E-state index contributed by atoms with van der Waals surface area (Å²) < 4.78 is 0. The fourth-order valence-electron chi connectivity index (χ4n) is 6.87. The van der Waals surface area contributed by atoms with E-state index in [1.165, 1.54) is 11.3 Å². The number of halogens is 2. The van der Waals surface area contributed by atoms with Crippen molar-refractivity contribution in [3.63, 3.8) is 0 Å². The van der Waals surface area contributed by atoms with Crippen LogP contribution in [0.1, 0.15) is 61.9 Å². The summed E-state index contributed by atoms with van der Waals surface area (Å²) in [7, 11) is 0. The Morgan fingerprint density at radius 1 is 1.02 bits per heavy atom. The van der Waals surface area contributed by atoms with Gasteiger partial charge in [-0.1, -0.05) is 41.4 Å². The Morgan fingerprint density at radius 3 is 2.56 bits per heavy atom. The van der Waals surface area contributed by atoms with Crippen LogP contribution in [0.3, 0.4) is 0 Å². The molecule has 3 aromatic carbocycles. The maximum Gasteiger partial charge on any atom is 0.103 e. The summed E-state index contributed by atoms with van der Waals surface area (Å²) >= 11 is 13.4. The van der Waals surface area contributed by atoms with Gasteiger partial charge >= 0.3 is 0 Å². The molecule has 3 aliphatic heterocycles. The van der Waals surface area contributed by atoms with Gasteiger partial charge in [-0.15, -0.1) is 5.53 Å².